The van der Waals surface area contributed by atoms with Gasteiger partial charge in [0.25, 0.3) is 5.91 Å². The van der Waals surface area contributed by atoms with Gasteiger partial charge in [0, 0.05) is 11.4 Å². The molecule has 0 spiro atoms. The number of methoxy groups -OCH3 is 1. The van der Waals surface area contributed by atoms with Crippen molar-refractivity contribution in [2.24, 2.45) is 0 Å². The maximum atomic E-state index is 12.6. The van der Waals surface area contributed by atoms with Crippen LogP contribution in [0, 0.1) is 0 Å². The first-order chi connectivity index (χ1) is 13.1. The van der Waals surface area contributed by atoms with Gasteiger partial charge in [-0.1, -0.05) is 35.9 Å². The van der Waals surface area contributed by atoms with Crippen LogP contribution in [0.2, 0.25) is 5.02 Å². The third-order valence-corrected chi connectivity index (χ3v) is 4.21. The average molecular weight is 416 g/mol. The Hall–Kier alpha value is -2.58. The van der Waals surface area contributed by atoms with Crippen LogP contribution >= 0.6 is 11.6 Å². The number of halogens is 4. The zero-order valence-electron chi connectivity index (χ0n) is 14.7. The zero-order chi connectivity index (χ0) is 20.9. The van der Waals surface area contributed by atoms with E-state index in [2.05, 4.69) is 10.1 Å². The van der Waals surface area contributed by atoms with E-state index in [1.54, 1.807) is 24.3 Å². The zero-order valence-corrected chi connectivity index (χ0v) is 15.4. The number of alkyl halides is 3. The lowest BCUT2D eigenvalue weighted by atomic mass is 10.0. The molecule has 0 heterocycles. The number of carbonyl (C=O) groups excluding carboxylic acids is 2. The van der Waals surface area contributed by atoms with Gasteiger partial charge in [-0.3, -0.25) is 4.79 Å². The number of benzene rings is 2. The van der Waals surface area contributed by atoms with Gasteiger partial charge in [0.05, 0.1) is 12.7 Å². The second-order valence-electron chi connectivity index (χ2n) is 5.94. The molecule has 5 nitrogen and oxygen atoms in total. The maximum absolute atomic E-state index is 12.6. The minimum absolute atomic E-state index is 0.0411. The number of amides is 1. The Morgan fingerprint density at radius 3 is 2.18 bits per heavy atom. The van der Waals surface area contributed by atoms with Crippen molar-refractivity contribution in [3.63, 3.8) is 0 Å². The summed E-state index contributed by atoms with van der Waals surface area (Å²) < 4.78 is 42.5. The first-order valence-corrected chi connectivity index (χ1v) is 8.47. The lowest BCUT2D eigenvalue weighted by Crippen LogP contribution is -2.45. The number of carbonyl (C=O) groups is 2. The molecule has 9 heteroatoms. The highest BCUT2D eigenvalue weighted by molar-refractivity contribution is 6.30. The number of nitrogens with one attached hydrogen (secondary N) is 1. The molecular weight excluding hydrogens is 399 g/mol. The van der Waals surface area contributed by atoms with E-state index in [1.807, 2.05) is 0 Å². The fraction of sp³-hybridized carbons (Fsp3) is 0.263. The molecule has 2 aromatic carbocycles. The van der Waals surface area contributed by atoms with E-state index in [4.69, 9.17) is 11.6 Å². The third kappa shape index (κ3) is 5.71. The fourth-order valence-electron chi connectivity index (χ4n) is 2.45. The van der Waals surface area contributed by atoms with Gasteiger partial charge in [-0.05, 0) is 35.4 Å². The molecule has 0 saturated carbocycles. The Morgan fingerprint density at radius 1 is 1.11 bits per heavy atom. The summed E-state index contributed by atoms with van der Waals surface area (Å²) in [6.07, 6.45) is -6.20. The van der Waals surface area contributed by atoms with Crippen molar-refractivity contribution in [1.29, 1.82) is 0 Å². The van der Waals surface area contributed by atoms with E-state index in [-0.39, 0.29) is 12.0 Å². The van der Waals surface area contributed by atoms with Gasteiger partial charge in [0.2, 0.25) is 0 Å². The van der Waals surface area contributed by atoms with E-state index in [9.17, 15) is 27.9 Å². The van der Waals surface area contributed by atoms with E-state index in [1.165, 1.54) is 0 Å². The van der Waals surface area contributed by atoms with Crippen LogP contribution in [-0.4, -0.2) is 30.1 Å². The summed E-state index contributed by atoms with van der Waals surface area (Å²) in [5.74, 6) is -1.67. The van der Waals surface area contributed by atoms with Crippen LogP contribution in [0.25, 0.3) is 0 Å². The smallest absolute Gasteiger partial charge is 0.416 e. The van der Waals surface area contributed by atoms with Gasteiger partial charge in [0.1, 0.15) is 6.04 Å². The first-order valence-electron chi connectivity index (χ1n) is 8.09. The number of esters is 1. The summed E-state index contributed by atoms with van der Waals surface area (Å²) >= 11 is 5.81. The molecule has 1 amide bonds. The van der Waals surface area contributed by atoms with Crippen molar-refractivity contribution in [2.75, 3.05) is 7.11 Å². The summed E-state index contributed by atoms with van der Waals surface area (Å²) in [7, 11) is 1.15. The molecule has 0 bridgehead atoms. The Bertz CT molecular complexity index is 823. The monoisotopic (exact) mass is 415 g/mol. The van der Waals surface area contributed by atoms with Crippen molar-refractivity contribution in [2.45, 2.75) is 24.7 Å². The summed E-state index contributed by atoms with van der Waals surface area (Å²) in [4.78, 5) is 24.3. The van der Waals surface area contributed by atoms with Crippen molar-refractivity contribution >= 4 is 23.5 Å². The lowest BCUT2D eigenvalue weighted by Gasteiger charge is -2.19. The van der Waals surface area contributed by atoms with Crippen LogP contribution in [0.3, 0.4) is 0 Å². The summed E-state index contributed by atoms with van der Waals surface area (Å²) in [6.45, 7) is 0. The molecule has 0 saturated heterocycles. The number of hydrogen-bond acceptors (Lipinski definition) is 4. The van der Waals surface area contributed by atoms with Crippen molar-refractivity contribution in [3.05, 3.63) is 70.2 Å². The highest BCUT2D eigenvalue weighted by atomic mass is 35.5. The summed E-state index contributed by atoms with van der Waals surface area (Å²) in [5.41, 5.74) is -0.260. The summed E-state index contributed by atoms with van der Waals surface area (Å²) in [6, 6.07) is 8.98. The van der Waals surface area contributed by atoms with E-state index >= 15 is 0 Å². The van der Waals surface area contributed by atoms with Crippen LogP contribution in [0.15, 0.2) is 48.5 Å². The Balaban J connectivity index is 2.11. The molecule has 0 unspecified atom stereocenters. The molecule has 2 rings (SSSR count). The number of rotatable bonds is 6. The molecule has 2 atom stereocenters. The van der Waals surface area contributed by atoms with Gasteiger partial charge in [0.15, 0.2) is 6.10 Å². The molecule has 2 aromatic rings. The maximum Gasteiger partial charge on any atom is 0.416 e. The van der Waals surface area contributed by atoms with E-state index in [0.717, 1.165) is 31.4 Å². The number of aliphatic hydroxyl groups is 1. The molecule has 28 heavy (non-hydrogen) atoms. The highest BCUT2D eigenvalue weighted by Gasteiger charge is 2.31. The number of aliphatic hydroxyl groups excluding tert-OH is 1. The first kappa shape index (κ1) is 21.7. The van der Waals surface area contributed by atoms with Gasteiger partial charge in [-0.25, -0.2) is 4.79 Å². The van der Waals surface area contributed by atoms with Gasteiger partial charge < -0.3 is 15.2 Å². The van der Waals surface area contributed by atoms with Crippen LogP contribution < -0.4 is 5.32 Å². The highest BCUT2D eigenvalue weighted by Crippen LogP contribution is 2.30. The van der Waals surface area contributed by atoms with Crippen LogP contribution in [0.5, 0.6) is 0 Å². The van der Waals surface area contributed by atoms with Crippen molar-refractivity contribution < 1.29 is 32.6 Å². The van der Waals surface area contributed by atoms with Crippen molar-refractivity contribution in [3.8, 4) is 0 Å². The quantitative estimate of drug-likeness (QED) is 0.710. The largest absolute Gasteiger partial charge is 0.467 e. The van der Waals surface area contributed by atoms with E-state index in [0.29, 0.717) is 10.6 Å². The predicted molar refractivity (Wildman–Crippen MR) is 95.5 cm³/mol. The van der Waals surface area contributed by atoms with Gasteiger partial charge >= 0.3 is 12.1 Å². The van der Waals surface area contributed by atoms with Gasteiger partial charge in [-0.15, -0.1) is 0 Å². The third-order valence-electron chi connectivity index (χ3n) is 3.96. The minimum Gasteiger partial charge on any atom is -0.467 e. The lowest BCUT2D eigenvalue weighted by molar-refractivity contribution is -0.146. The standard InChI is InChI=1S/C19H17ClF3NO4/c1-28-18(27)15(10-11-2-8-14(20)9-3-11)24-17(26)16(25)12-4-6-13(7-5-12)19(21,22)23/h2-9,15-16,25H,10H2,1H3,(H,24,26)/t15-,16+/m0/s1. The summed E-state index contributed by atoms with van der Waals surface area (Å²) in [5, 5.41) is 13.0. The molecule has 0 aromatic heterocycles. The average Bonchev–Trinajstić information content (AvgIpc) is 2.67. The molecule has 0 aliphatic heterocycles. The Labute approximate surface area is 164 Å². The van der Waals surface area contributed by atoms with E-state index < -0.39 is 35.8 Å². The Morgan fingerprint density at radius 2 is 1.68 bits per heavy atom. The molecule has 0 fully saturated rings. The molecule has 0 aliphatic carbocycles. The molecule has 0 radical (unpaired) electrons. The molecule has 0 aliphatic rings. The second kappa shape index (κ2) is 9.07. The van der Waals surface area contributed by atoms with Gasteiger partial charge in [-0.2, -0.15) is 13.2 Å². The second-order valence-corrected chi connectivity index (χ2v) is 6.37. The minimum atomic E-state index is -4.53. The SMILES string of the molecule is COC(=O)[C@H](Cc1ccc(Cl)cc1)NC(=O)[C@H](O)c1ccc(C(F)(F)F)cc1. The molecule has 150 valence electrons. The number of ether oxygens (including phenoxy) is 1. The van der Waals surface area contributed by atoms with Crippen molar-refractivity contribution in [1.82, 2.24) is 5.32 Å². The van der Waals surface area contributed by atoms with Crippen LogP contribution in [0.1, 0.15) is 22.8 Å². The van der Waals surface area contributed by atoms with Crippen LogP contribution in [0.4, 0.5) is 13.2 Å². The fourth-order valence-corrected chi connectivity index (χ4v) is 2.57. The Kier molecular flexibility index (Phi) is 7.04. The van der Waals surface area contributed by atoms with Crippen LogP contribution in [-0.2, 0) is 26.9 Å². The topological polar surface area (TPSA) is 75.6 Å². The molecule has 2 N–H and O–H groups in total. The normalized spacial score (nSPS) is 13.5. The predicted octanol–water partition coefficient (Wildman–Crippen LogP) is 3.29. The molecular formula is C19H17ClF3NO4. The number of hydrogen-bond donors (Lipinski definition) is 2.